The number of carbonyl (C=O) groups excluding carboxylic acids is 1. The van der Waals surface area contributed by atoms with Crippen molar-refractivity contribution in [1.29, 1.82) is 0 Å². The lowest BCUT2D eigenvalue weighted by molar-refractivity contribution is 0.176. The summed E-state index contributed by atoms with van der Waals surface area (Å²) < 4.78 is 30.9. The minimum atomic E-state index is -3.84. The van der Waals surface area contributed by atoms with Gasteiger partial charge in [-0.05, 0) is 25.3 Å². The van der Waals surface area contributed by atoms with Crippen molar-refractivity contribution < 1.29 is 17.9 Å². The fourth-order valence-corrected chi connectivity index (χ4v) is 3.24. The van der Waals surface area contributed by atoms with Crippen molar-refractivity contribution in [2.24, 2.45) is 11.7 Å². The van der Waals surface area contributed by atoms with Gasteiger partial charge < -0.3 is 10.5 Å². The van der Waals surface area contributed by atoms with Crippen LogP contribution in [0, 0.1) is 5.92 Å². The topological polar surface area (TPSA) is 102 Å². The first-order valence-corrected chi connectivity index (χ1v) is 6.90. The summed E-state index contributed by atoms with van der Waals surface area (Å²) in [5.41, 5.74) is 5.60. The molecule has 100 valence electrons. The maximum Gasteiger partial charge on any atom is 0.421 e. The average Bonchev–Trinajstić information content (AvgIpc) is 2.74. The van der Waals surface area contributed by atoms with Crippen LogP contribution in [0.5, 0.6) is 0 Å². The smallest absolute Gasteiger partial charge is 0.421 e. The van der Waals surface area contributed by atoms with E-state index < -0.39 is 16.3 Å². The van der Waals surface area contributed by atoms with Crippen LogP contribution >= 0.6 is 0 Å². The second kappa shape index (κ2) is 5.65. The zero-order valence-electron chi connectivity index (χ0n) is 10.0. The van der Waals surface area contributed by atoms with Crippen LogP contribution in [0.15, 0.2) is 0 Å². The van der Waals surface area contributed by atoms with E-state index in [1.54, 1.807) is 0 Å². The summed E-state index contributed by atoms with van der Waals surface area (Å²) >= 11 is 0. The molecule has 1 rings (SSSR count). The van der Waals surface area contributed by atoms with Crippen LogP contribution in [0.3, 0.4) is 0 Å². The van der Waals surface area contributed by atoms with Crippen molar-refractivity contribution in [3.05, 3.63) is 0 Å². The number of nitrogens with one attached hydrogen (secondary N) is 1. The first kappa shape index (κ1) is 14.2. The first-order valence-electron chi connectivity index (χ1n) is 5.46. The van der Waals surface area contributed by atoms with Gasteiger partial charge in [-0.2, -0.15) is 12.7 Å². The molecule has 1 saturated carbocycles. The van der Waals surface area contributed by atoms with Crippen LogP contribution in [0.4, 0.5) is 4.79 Å². The normalized spacial score (nSPS) is 24.9. The molecule has 1 aliphatic rings. The van der Waals surface area contributed by atoms with E-state index in [0.717, 1.165) is 26.4 Å². The number of carbonyl (C=O) groups is 1. The highest BCUT2D eigenvalue weighted by molar-refractivity contribution is 7.87. The van der Waals surface area contributed by atoms with E-state index in [4.69, 9.17) is 5.73 Å². The number of nitrogens with zero attached hydrogens (tertiary/aromatic N) is 1. The summed E-state index contributed by atoms with van der Waals surface area (Å²) in [6, 6.07) is -0.151. The van der Waals surface area contributed by atoms with Crippen LogP contribution in [0.25, 0.3) is 0 Å². The van der Waals surface area contributed by atoms with Crippen LogP contribution < -0.4 is 10.5 Å². The minimum absolute atomic E-state index is 0.147. The van der Waals surface area contributed by atoms with E-state index in [0.29, 0.717) is 6.54 Å². The Hall–Kier alpha value is -0.860. The Balaban J connectivity index is 2.74. The summed E-state index contributed by atoms with van der Waals surface area (Å²) in [5.74, 6) is 0.147. The lowest BCUT2D eigenvalue weighted by Crippen LogP contribution is -2.48. The fraction of sp³-hybridized carbons (Fsp3) is 0.889. The van der Waals surface area contributed by atoms with Gasteiger partial charge in [0.1, 0.15) is 0 Å². The molecule has 0 bridgehead atoms. The molecule has 0 aromatic rings. The molecule has 8 heteroatoms. The van der Waals surface area contributed by atoms with Gasteiger partial charge in [-0.3, -0.25) is 0 Å². The summed E-state index contributed by atoms with van der Waals surface area (Å²) in [6.07, 6.45) is 1.64. The summed E-state index contributed by atoms with van der Waals surface area (Å²) in [4.78, 5) is 10.9. The molecule has 0 heterocycles. The molecule has 0 aromatic carbocycles. The van der Waals surface area contributed by atoms with E-state index in [2.05, 4.69) is 4.74 Å². The Morgan fingerprint density at radius 1 is 1.53 bits per heavy atom. The van der Waals surface area contributed by atoms with Crippen LogP contribution in [-0.2, 0) is 14.9 Å². The van der Waals surface area contributed by atoms with Crippen LogP contribution in [0.2, 0.25) is 0 Å². The van der Waals surface area contributed by atoms with Gasteiger partial charge in [0.15, 0.2) is 0 Å². The molecule has 17 heavy (non-hydrogen) atoms. The third-order valence-corrected chi connectivity index (χ3v) is 4.62. The van der Waals surface area contributed by atoms with Gasteiger partial charge in [0, 0.05) is 13.1 Å². The van der Waals surface area contributed by atoms with Crippen molar-refractivity contribution in [1.82, 2.24) is 9.03 Å². The lowest BCUT2D eigenvalue weighted by Gasteiger charge is -2.27. The van der Waals surface area contributed by atoms with Gasteiger partial charge in [-0.15, -0.1) is 0 Å². The number of hydrogen-bond acceptors (Lipinski definition) is 5. The first-order chi connectivity index (χ1) is 7.92. The van der Waals surface area contributed by atoms with Gasteiger partial charge in [0.05, 0.1) is 7.11 Å². The van der Waals surface area contributed by atoms with E-state index in [1.807, 2.05) is 4.72 Å². The maximum absolute atomic E-state index is 11.8. The Morgan fingerprint density at radius 2 is 2.18 bits per heavy atom. The highest BCUT2D eigenvalue weighted by Gasteiger charge is 2.35. The molecule has 2 atom stereocenters. The van der Waals surface area contributed by atoms with Crippen molar-refractivity contribution >= 4 is 16.3 Å². The lowest BCUT2D eigenvalue weighted by atomic mass is 10.0. The number of nitrogens with two attached hydrogens (primary N) is 1. The quantitative estimate of drug-likeness (QED) is 0.723. The molecule has 1 fully saturated rings. The number of amides is 1. The van der Waals surface area contributed by atoms with Gasteiger partial charge in [0.25, 0.3) is 0 Å². The second-order valence-corrected chi connectivity index (χ2v) is 5.84. The number of rotatable bonds is 4. The summed E-state index contributed by atoms with van der Waals surface area (Å²) in [5, 5.41) is 0. The standard InChI is InChI=1S/C9H19N3O4S/c1-12(8-5-3-4-7(8)6-10)17(14,15)11-9(13)16-2/h7-8H,3-6,10H2,1-2H3,(H,11,13). The predicted molar refractivity (Wildman–Crippen MR) is 62.4 cm³/mol. The van der Waals surface area contributed by atoms with Crippen molar-refractivity contribution in [3.63, 3.8) is 0 Å². The van der Waals surface area contributed by atoms with E-state index in [-0.39, 0.29) is 12.0 Å². The monoisotopic (exact) mass is 265 g/mol. The van der Waals surface area contributed by atoms with Gasteiger partial charge in [-0.1, -0.05) is 6.42 Å². The molecule has 0 radical (unpaired) electrons. The number of methoxy groups -OCH3 is 1. The second-order valence-electron chi connectivity index (χ2n) is 4.11. The number of ether oxygens (including phenoxy) is 1. The molecular formula is C9H19N3O4S. The zero-order valence-corrected chi connectivity index (χ0v) is 10.9. The van der Waals surface area contributed by atoms with Crippen LogP contribution in [-0.4, -0.2) is 45.6 Å². The van der Waals surface area contributed by atoms with Gasteiger partial charge in [-0.25, -0.2) is 9.52 Å². The van der Waals surface area contributed by atoms with E-state index >= 15 is 0 Å². The van der Waals surface area contributed by atoms with E-state index in [9.17, 15) is 13.2 Å². The Morgan fingerprint density at radius 3 is 2.71 bits per heavy atom. The SMILES string of the molecule is COC(=O)NS(=O)(=O)N(C)C1CCCC1CN. The molecule has 7 nitrogen and oxygen atoms in total. The third kappa shape index (κ3) is 3.30. The van der Waals surface area contributed by atoms with Crippen molar-refractivity contribution in [2.75, 3.05) is 20.7 Å². The van der Waals surface area contributed by atoms with Gasteiger partial charge in [0.2, 0.25) is 0 Å². The molecular weight excluding hydrogens is 246 g/mol. The van der Waals surface area contributed by atoms with Crippen LogP contribution in [0.1, 0.15) is 19.3 Å². The molecule has 1 aliphatic carbocycles. The summed E-state index contributed by atoms with van der Waals surface area (Å²) in [6.45, 7) is 0.447. The van der Waals surface area contributed by atoms with Crippen molar-refractivity contribution in [3.8, 4) is 0 Å². The maximum atomic E-state index is 11.8. The largest absolute Gasteiger partial charge is 0.452 e. The highest BCUT2D eigenvalue weighted by atomic mass is 32.2. The highest BCUT2D eigenvalue weighted by Crippen LogP contribution is 2.29. The molecule has 3 N–H and O–H groups in total. The van der Waals surface area contributed by atoms with Crippen molar-refractivity contribution in [2.45, 2.75) is 25.3 Å². The van der Waals surface area contributed by atoms with Gasteiger partial charge >= 0.3 is 16.3 Å². The molecule has 0 aromatic heterocycles. The zero-order chi connectivity index (χ0) is 13.1. The average molecular weight is 265 g/mol. The number of hydrogen-bond donors (Lipinski definition) is 2. The third-order valence-electron chi connectivity index (χ3n) is 3.17. The molecule has 2 unspecified atom stereocenters. The predicted octanol–water partition coefficient (Wildman–Crippen LogP) is -0.354. The Bertz CT molecular complexity index is 370. The molecule has 1 amide bonds. The Labute approximate surface area is 101 Å². The fourth-order valence-electron chi connectivity index (χ4n) is 2.17. The Kier molecular flexibility index (Phi) is 4.72. The molecule has 0 aliphatic heterocycles. The van der Waals surface area contributed by atoms with E-state index in [1.165, 1.54) is 11.4 Å². The summed E-state index contributed by atoms with van der Waals surface area (Å²) in [7, 11) is -1.28. The minimum Gasteiger partial charge on any atom is -0.452 e. The molecule has 0 saturated heterocycles. The molecule has 0 spiro atoms.